The number of carbonyl (C=O) groups is 1. The molecular formula is C15H22N2O2. The number of rotatable bonds is 6. The number of hydrogen-bond acceptors (Lipinski definition) is 3. The summed E-state index contributed by atoms with van der Waals surface area (Å²) < 4.78 is 5.32. The second-order valence-corrected chi connectivity index (χ2v) is 4.50. The van der Waals surface area contributed by atoms with Gasteiger partial charge in [0.2, 0.25) is 5.91 Å². The number of methoxy groups -OCH3 is 1. The Morgan fingerprint density at radius 3 is 2.74 bits per heavy atom. The van der Waals surface area contributed by atoms with Gasteiger partial charge in [0.15, 0.2) is 0 Å². The van der Waals surface area contributed by atoms with Crippen LogP contribution in [0.3, 0.4) is 0 Å². The van der Waals surface area contributed by atoms with Crippen LogP contribution in [0.15, 0.2) is 36.9 Å². The summed E-state index contributed by atoms with van der Waals surface area (Å²) >= 11 is 0. The highest BCUT2D eigenvalue weighted by Crippen LogP contribution is 2.28. The Kier molecular flexibility index (Phi) is 5.57. The molecule has 4 heteroatoms. The predicted molar refractivity (Wildman–Crippen MR) is 77.0 cm³/mol. The number of amides is 1. The SMILES string of the molecule is C=CCC(N)C(=O)N(C)C(C)c1ccccc1OC. The quantitative estimate of drug-likeness (QED) is 0.799. The molecule has 0 radical (unpaired) electrons. The number of likely N-dealkylation sites (N-methyl/N-ethyl adjacent to an activating group) is 1. The molecule has 1 rings (SSSR count). The van der Waals surface area contributed by atoms with E-state index in [0.717, 1.165) is 11.3 Å². The van der Waals surface area contributed by atoms with Gasteiger partial charge >= 0.3 is 0 Å². The summed E-state index contributed by atoms with van der Waals surface area (Å²) in [6.07, 6.45) is 2.13. The minimum atomic E-state index is -0.542. The molecule has 0 fully saturated rings. The highest BCUT2D eigenvalue weighted by molar-refractivity contribution is 5.82. The van der Waals surface area contributed by atoms with Crippen molar-refractivity contribution in [3.63, 3.8) is 0 Å². The van der Waals surface area contributed by atoms with Gasteiger partial charge < -0.3 is 15.4 Å². The molecule has 0 spiro atoms. The van der Waals surface area contributed by atoms with E-state index < -0.39 is 6.04 Å². The summed E-state index contributed by atoms with van der Waals surface area (Å²) in [6, 6.07) is 7.02. The van der Waals surface area contributed by atoms with E-state index >= 15 is 0 Å². The molecular weight excluding hydrogens is 240 g/mol. The number of carbonyl (C=O) groups excluding carboxylic acids is 1. The first-order valence-corrected chi connectivity index (χ1v) is 6.29. The van der Waals surface area contributed by atoms with Crippen molar-refractivity contribution in [1.82, 2.24) is 4.90 Å². The molecule has 19 heavy (non-hydrogen) atoms. The van der Waals surface area contributed by atoms with Gasteiger partial charge in [-0.3, -0.25) is 4.79 Å². The Labute approximate surface area is 114 Å². The Morgan fingerprint density at radius 1 is 1.53 bits per heavy atom. The van der Waals surface area contributed by atoms with Crippen LogP contribution in [0.5, 0.6) is 5.75 Å². The van der Waals surface area contributed by atoms with Crippen molar-refractivity contribution in [1.29, 1.82) is 0 Å². The first kappa shape index (κ1) is 15.2. The molecule has 0 aromatic heterocycles. The summed E-state index contributed by atoms with van der Waals surface area (Å²) in [6.45, 7) is 5.56. The van der Waals surface area contributed by atoms with Gasteiger partial charge in [-0.1, -0.05) is 24.3 Å². The molecule has 104 valence electrons. The summed E-state index contributed by atoms with van der Waals surface area (Å²) in [4.78, 5) is 13.8. The van der Waals surface area contributed by atoms with Crippen LogP contribution in [0, 0.1) is 0 Å². The largest absolute Gasteiger partial charge is 0.496 e. The van der Waals surface area contributed by atoms with Gasteiger partial charge in [-0.25, -0.2) is 0 Å². The van der Waals surface area contributed by atoms with Gasteiger partial charge in [0.25, 0.3) is 0 Å². The fourth-order valence-electron chi connectivity index (χ4n) is 1.95. The molecule has 4 nitrogen and oxygen atoms in total. The van der Waals surface area contributed by atoms with Crippen LogP contribution in [0.25, 0.3) is 0 Å². The molecule has 1 aromatic carbocycles. The topological polar surface area (TPSA) is 55.6 Å². The van der Waals surface area contributed by atoms with Gasteiger partial charge in [0.05, 0.1) is 19.2 Å². The molecule has 0 saturated carbocycles. The summed E-state index contributed by atoms with van der Waals surface area (Å²) in [5.74, 6) is 0.672. The smallest absolute Gasteiger partial charge is 0.240 e. The zero-order valence-corrected chi connectivity index (χ0v) is 11.8. The van der Waals surface area contributed by atoms with Gasteiger partial charge in [-0.05, 0) is 19.4 Å². The van der Waals surface area contributed by atoms with Gasteiger partial charge in [-0.2, -0.15) is 0 Å². The number of nitrogens with two attached hydrogens (primary N) is 1. The van der Waals surface area contributed by atoms with Crippen molar-refractivity contribution in [3.8, 4) is 5.75 Å². The molecule has 2 N–H and O–H groups in total. The molecule has 2 unspecified atom stereocenters. The van der Waals surface area contributed by atoms with Crippen molar-refractivity contribution in [2.45, 2.75) is 25.4 Å². The molecule has 2 atom stereocenters. The standard InChI is InChI=1S/C15H22N2O2/c1-5-8-13(16)15(18)17(3)11(2)12-9-6-7-10-14(12)19-4/h5-7,9-11,13H,1,8,16H2,2-4H3. The third-order valence-electron chi connectivity index (χ3n) is 3.26. The van der Waals surface area contributed by atoms with Crippen molar-refractivity contribution >= 4 is 5.91 Å². The van der Waals surface area contributed by atoms with Crippen LogP contribution < -0.4 is 10.5 Å². The zero-order chi connectivity index (χ0) is 14.4. The maximum Gasteiger partial charge on any atom is 0.240 e. The fourth-order valence-corrected chi connectivity index (χ4v) is 1.95. The molecule has 0 aliphatic heterocycles. The van der Waals surface area contributed by atoms with E-state index in [1.807, 2.05) is 31.2 Å². The van der Waals surface area contributed by atoms with Crippen LogP contribution in [0.4, 0.5) is 0 Å². The van der Waals surface area contributed by atoms with Crippen LogP contribution in [-0.4, -0.2) is 31.0 Å². The Balaban J connectivity index is 2.89. The molecule has 0 bridgehead atoms. The van der Waals surface area contributed by atoms with Crippen molar-refractivity contribution in [3.05, 3.63) is 42.5 Å². The second kappa shape index (κ2) is 6.95. The molecule has 0 heterocycles. The third kappa shape index (κ3) is 3.58. The summed E-state index contributed by atoms with van der Waals surface area (Å²) in [5.41, 5.74) is 6.79. The zero-order valence-electron chi connectivity index (χ0n) is 11.8. The Morgan fingerprint density at radius 2 is 2.16 bits per heavy atom. The van der Waals surface area contributed by atoms with E-state index in [9.17, 15) is 4.79 Å². The average molecular weight is 262 g/mol. The number of ether oxygens (including phenoxy) is 1. The van der Waals surface area contributed by atoms with E-state index in [0.29, 0.717) is 6.42 Å². The number of nitrogens with zero attached hydrogens (tertiary/aromatic N) is 1. The normalized spacial score (nSPS) is 13.5. The van der Waals surface area contributed by atoms with Crippen molar-refractivity contribution < 1.29 is 9.53 Å². The van der Waals surface area contributed by atoms with Crippen LogP contribution in [0.2, 0.25) is 0 Å². The van der Waals surface area contributed by atoms with E-state index in [2.05, 4.69) is 6.58 Å². The molecule has 0 aliphatic rings. The number of benzene rings is 1. The Hall–Kier alpha value is -1.81. The summed E-state index contributed by atoms with van der Waals surface area (Å²) in [5, 5.41) is 0. The van der Waals surface area contributed by atoms with Crippen LogP contribution in [-0.2, 0) is 4.79 Å². The van der Waals surface area contributed by atoms with Gasteiger partial charge in [0.1, 0.15) is 5.75 Å². The first-order chi connectivity index (χ1) is 9.02. The lowest BCUT2D eigenvalue weighted by atomic mass is 10.0. The monoisotopic (exact) mass is 262 g/mol. The maximum absolute atomic E-state index is 12.2. The minimum Gasteiger partial charge on any atom is -0.496 e. The van der Waals surface area contributed by atoms with Crippen LogP contribution in [0.1, 0.15) is 24.9 Å². The first-order valence-electron chi connectivity index (χ1n) is 6.29. The second-order valence-electron chi connectivity index (χ2n) is 4.50. The highest BCUT2D eigenvalue weighted by Gasteiger charge is 2.23. The lowest BCUT2D eigenvalue weighted by Crippen LogP contribution is -2.42. The van der Waals surface area contributed by atoms with Gasteiger partial charge in [0, 0.05) is 12.6 Å². The summed E-state index contributed by atoms with van der Waals surface area (Å²) in [7, 11) is 3.37. The number of para-hydroxylation sites is 1. The fraction of sp³-hybridized carbons (Fsp3) is 0.400. The molecule has 0 saturated heterocycles. The van der Waals surface area contributed by atoms with E-state index in [1.165, 1.54) is 0 Å². The average Bonchev–Trinajstić information content (AvgIpc) is 2.45. The van der Waals surface area contributed by atoms with Gasteiger partial charge in [-0.15, -0.1) is 6.58 Å². The predicted octanol–water partition coefficient (Wildman–Crippen LogP) is 2.12. The molecule has 1 amide bonds. The highest BCUT2D eigenvalue weighted by atomic mass is 16.5. The molecule has 1 aromatic rings. The van der Waals surface area contributed by atoms with Crippen LogP contribution >= 0.6 is 0 Å². The van der Waals surface area contributed by atoms with Crippen molar-refractivity contribution in [2.75, 3.05) is 14.2 Å². The third-order valence-corrected chi connectivity index (χ3v) is 3.26. The van der Waals surface area contributed by atoms with E-state index in [-0.39, 0.29) is 11.9 Å². The van der Waals surface area contributed by atoms with Crippen molar-refractivity contribution in [2.24, 2.45) is 5.73 Å². The molecule has 0 aliphatic carbocycles. The lowest BCUT2D eigenvalue weighted by Gasteiger charge is -2.28. The minimum absolute atomic E-state index is 0.0977. The number of hydrogen-bond donors (Lipinski definition) is 1. The lowest BCUT2D eigenvalue weighted by molar-refractivity contribution is -0.133. The Bertz CT molecular complexity index is 446. The maximum atomic E-state index is 12.2. The van der Waals surface area contributed by atoms with E-state index in [4.69, 9.17) is 10.5 Å². The van der Waals surface area contributed by atoms with E-state index in [1.54, 1.807) is 25.1 Å².